The first-order chi connectivity index (χ1) is 16.4. The molecular formula is C26H30N2O6. The number of carbonyl (C=O) groups excluding carboxylic acids is 2. The molecule has 180 valence electrons. The Balaban J connectivity index is 1.44. The average molecular weight is 467 g/mol. The van der Waals surface area contributed by atoms with Crippen LogP contribution in [0.25, 0.3) is 11.1 Å². The van der Waals surface area contributed by atoms with Crippen LogP contribution in [0.4, 0.5) is 4.79 Å². The second kappa shape index (κ2) is 10.3. The van der Waals surface area contributed by atoms with Crippen LogP contribution in [0, 0.1) is 0 Å². The Bertz CT molecular complexity index is 1030. The molecule has 2 aliphatic rings. The number of aliphatic hydroxyl groups excluding tert-OH is 1. The van der Waals surface area contributed by atoms with Crippen LogP contribution in [0.5, 0.6) is 0 Å². The van der Waals surface area contributed by atoms with Crippen molar-refractivity contribution in [2.24, 2.45) is 0 Å². The number of carboxylic acid groups (broad SMARTS) is 1. The average Bonchev–Trinajstić information content (AvgIpc) is 3.38. The lowest BCUT2D eigenvalue weighted by atomic mass is 9.98. The number of hydrogen-bond donors (Lipinski definition) is 3. The summed E-state index contributed by atoms with van der Waals surface area (Å²) in [4.78, 5) is 38.5. The van der Waals surface area contributed by atoms with Crippen molar-refractivity contribution in [1.82, 2.24) is 10.2 Å². The minimum absolute atomic E-state index is 0.0213. The molecule has 1 aliphatic heterocycles. The number of ether oxygens (including phenoxy) is 1. The fourth-order valence-corrected chi connectivity index (χ4v) is 4.94. The van der Waals surface area contributed by atoms with Gasteiger partial charge in [0.15, 0.2) is 0 Å². The molecule has 0 aromatic heterocycles. The molecule has 2 amide bonds. The Kier molecular flexibility index (Phi) is 7.17. The number of benzene rings is 2. The van der Waals surface area contributed by atoms with Crippen LogP contribution in [0.2, 0.25) is 0 Å². The molecule has 1 heterocycles. The SMILES string of the molecule is CCCC[C@H](NC(=O)OCC1c2ccccc2-c2ccccc21)C(=O)N1CC(O)CC1C(=O)O. The molecule has 0 bridgehead atoms. The van der Waals surface area contributed by atoms with E-state index in [0.717, 1.165) is 33.6 Å². The van der Waals surface area contributed by atoms with E-state index in [1.54, 1.807) is 0 Å². The van der Waals surface area contributed by atoms with Gasteiger partial charge in [-0.3, -0.25) is 4.79 Å². The molecule has 8 heteroatoms. The quantitative estimate of drug-likeness (QED) is 0.551. The van der Waals surface area contributed by atoms with E-state index < -0.39 is 36.2 Å². The first-order valence-corrected chi connectivity index (χ1v) is 11.7. The molecular weight excluding hydrogens is 436 g/mol. The van der Waals surface area contributed by atoms with Crippen molar-refractivity contribution in [1.29, 1.82) is 0 Å². The summed E-state index contributed by atoms with van der Waals surface area (Å²) in [5.41, 5.74) is 4.42. The van der Waals surface area contributed by atoms with Crippen molar-refractivity contribution in [3.05, 3.63) is 59.7 Å². The molecule has 3 N–H and O–H groups in total. The Morgan fingerprint density at radius 3 is 2.29 bits per heavy atom. The summed E-state index contributed by atoms with van der Waals surface area (Å²) >= 11 is 0. The van der Waals surface area contributed by atoms with E-state index >= 15 is 0 Å². The molecule has 1 fully saturated rings. The van der Waals surface area contributed by atoms with Gasteiger partial charge in [-0.15, -0.1) is 0 Å². The molecule has 4 rings (SSSR count). The minimum Gasteiger partial charge on any atom is -0.480 e. The Morgan fingerprint density at radius 1 is 1.09 bits per heavy atom. The lowest BCUT2D eigenvalue weighted by Gasteiger charge is -2.27. The van der Waals surface area contributed by atoms with E-state index in [9.17, 15) is 24.6 Å². The highest BCUT2D eigenvalue weighted by atomic mass is 16.5. The fourth-order valence-electron chi connectivity index (χ4n) is 4.94. The fraction of sp³-hybridized carbons (Fsp3) is 0.423. The minimum atomic E-state index is -1.17. The van der Waals surface area contributed by atoms with Crippen LogP contribution in [0.3, 0.4) is 0 Å². The smallest absolute Gasteiger partial charge is 0.407 e. The van der Waals surface area contributed by atoms with E-state index in [1.165, 1.54) is 0 Å². The number of rotatable bonds is 8. The number of fused-ring (bicyclic) bond motifs is 3. The molecule has 2 aromatic carbocycles. The summed E-state index contributed by atoms with van der Waals surface area (Å²) in [7, 11) is 0. The van der Waals surface area contributed by atoms with Crippen LogP contribution in [-0.2, 0) is 14.3 Å². The number of aliphatic carboxylic acids is 1. The number of carbonyl (C=O) groups is 3. The van der Waals surface area contributed by atoms with Gasteiger partial charge in [0.2, 0.25) is 5.91 Å². The monoisotopic (exact) mass is 466 g/mol. The number of unbranched alkanes of at least 4 members (excludes halogenated alkanes) is 1. The number of nitrogens with zero attached hydrogens (tertiary/aromatic N) is 1. The highest BCUT2D eigenvalue weighted by Crippen LogP contribution is 2.44. The van der Waals surface area contributed by atoms with Crippen LogP contribution in [0.15, 0.2) is 48.5 Å². The van der Waals surface area contributed by atoms with Crippen LogP contribution >= 0.6 is 0 Å². The predicted molar refractivity (Wildman–Crippen MR) is 125 cm³/mol. The van der Waals surface area contributed by atoms with E-state index in [0.29, 0.717) is 12.8 Å². The van der Waals surface area contributed by atoms with Gasteiger partial charge >= 0.3 is 12.1 Å². The van der Waals surface area contributed by atoms with Crippen LogP contribution in [0.1, 0.15) is 49.7 Å². The molecule has 8 nitrogen and oxygen atoms in total. The van der Waals surface area contributed by atoms with Crippen molar-refractivity contribution in [2.45, 2.75) is 56.7 Å². The van der Waals surface area contributed by atoms with E-state index in [-0.39, 0.29) is 25.5 Å². The number of aliphatic hydroxyl groups is 1. The Hall–Kier alpha value is -3.39. The van der Waals surface area contributed by atoms with Gasteiger partial charge in [-0.2, -0.15) is 0 Å². The van der Waals surface area contributed by atoms with Gasteiger partial charge in [0.05, 0.1) is 6.10 Å². The summed E-state index contributed by atoms with van der Waals surface area (Å²) < 4.78 is 5.57. The lowest BCUT2D eigenvalue weighted by molar-refractivity contribution is -0.149. The number of alkyl carbamates (subject to hydrolysis) is 1. The first kappa shape index (κ1) is 23.8. The highest BCUT2D eigenvalue weighted by molar-refractivity contribution is 5.90. The van der Waals surface area contributed by atoms with Gasteiger partial charge in [-0.1, -0.05) is 68.3 Å². The third kappa shape index (κ3) is 4.77. The molecule has 0 saturated carbocycles. The standard InChI is InChI=1S/C26H30N2O6/c1-2-3-12-22(24(30)28-14-16(29)13-23(28)25(31)32)27-26(33)34-15-21-19-10-6-4-8-17(19)18-9-5-7-11-20(18)21/h4-11,16,21-23,29H,2-3,12-15H2,1H3,(H,27,33)(H,31,32)/t16?,22-,23?/m0/s1. The molecule has 1 saturated heterocycles. The zero-order chi connectivity index (χ0) is 24.2. The second-order valence-electron chi connectivity index (χ2n) is 8.90. The first-order valence-electron chi connectivity index (χ1n) is 11.7. The third-order valence-corrected chi connectivity index (χ3v) is 6.63. The van der Waals surface area contributed by atoms with Gasteiger partial charge in [0.25, 0.3) is 0 Å². The van der Waals surface area contributed by atoms with E-state index in [4.69, 9.17) is 4.74 Å². The highest BCUT2D eigenvalue weighted by Gasteiger charge is 2.41. The number of amides is 2. The maximum Gasteiger partial charge on any atom is 0.407 e. The van der Waals surface area contributed by atoms with Gasteiger partial charge in [-0.25, -0.2) is 9.59 Å². The van der Waals surface area contributed by atoms with Crippen molar-refractivity contribution in [3.8, 4) is 11.1 Å². The molecule has 3 atom stereocenters. The van der Waals surface area contributed by atoms with Crippen LogP contribution in [-0.4, -0.2) is 64.4 Å². The maximum absolute atomic E-state index is 13.1. The summed E-state index contributed by atoms with van der Waals surface area (Å²) in [6, 6.07) is 14.0. The zero-order valence-electron chi connectivity index (χ0n) is 19.1. The van der Waals surface area contributed by atoms with Crippen molar-refractivity contribution < 1.29 is 29.3 Å². The summed E-state index contributed by atoms with van der Waals surface area (Å²) in [6.07, 6.45) is 0.203. The maximum atomic E-state index is 13.1. The third-order valence-electron chi connectivity index (χ3n) is 6.63. The topological polar surface area (TPSA) is 116 Å². The van der Waals surface area contributed by atoms with E-state index in [1.807, 2.05) is 43.3 Å². The molecule has 1 aliphatic carbocycles. The summed E-state index contributed by atoms with van der Waals surface area (Å²) in [5, 5.41) is 22.0. The van der Waals surface area contributed by atoms with Gasteiger partial charge < -0.3 is 25.2 Å². The molecule has 2 aromatic rings. The van der Waals surface area contributed by atoms with Crippen molar-refractivity contribution in [2.75, 3.05) is 13.2 Å². The van der Waals surface area contributed by atoms with Crippen molar-refractivity contribution >= 4 is 18.0 Å². The number of β-amino-alcohol motifs (C(OH)–C–C–N with tert-alkyl or cyclic N) is 1. The van der Waals surface area contributed by atoms with Crippen LogP contribution < -0.4 is 5.32 Å². The number of carboxylic acids is 1. The van der Waals surface area contributed by atoms with Gasteiger partial charge in [-0.05, 0) is 28.7 Å². The molecule has 0 radical (unpaired) electrons. The molecule has 0 spiro atoms. The number of likely N-dealkylation sites (tertiary alicyclic amines) is 1. The number of hydrogen-bond acceptors (Lipinski definition) is 5. The lowest BCUT2D eigenvalue weighted by Crippen LogP contribution is -2.52. The largest absolute Gasteiger partial charge is 0.480 e. The van der Waals surface area contributed by atoms with Gasteiger partial charge in [0.1, 0.15) is 18.7 Å². The normalized spacial score (nSPS) is 19.9. The second-order valence-corrected chi connectivity index (χ2v) is 8.90. The molecule has 2 unspecified atom stereocenters. The Morgan fingerprint density at radius 2 is 1.71 bits per heavy atom. The summed E-state index contributed by atoms with van der Waals surface area (Å²) in [5.74, 6) is -1.78. The van der Waals surface area contributed by atoms with E-state index in [2.05, 4.69) is 17.4 Å². The summed E-state index contributed by atoms with van der Waals surface area (Å²) in [6.45, 7) is 2.02. The van der Waals surface area contributed by atoms with Gasteiger partial charge in [0, 0.05) is 18.9 Å². The predicted octanol–water partition coefficient (Wildman–Crippen LogP) is 3.13. The molecule has 34 heavy (non-hydrogen) atoms. The zero-order valence-corrected chi connectivity index (χ0v) is 19.1. The van der Waals surface area contributed by atoms with Crippen molar-refractivity contribution in [3.63, 3.8) is 0 Å². The number of nitrogens with one attached hydrogen (secondary N) is 1. The Labute approximate surface area is 198 Å².